The first-order chi connectivity index (χ1) is 12.1. The van der Waals surface area contributed by atoms with Gasteiger partial charge in [0.15, 0.2) is 0 Å². The van der Waals surface area contributed by atoms with Gasteiger partial charge in [0.05, 0.1) is 11.1 Å². The van der Waals surface area contributed by atoms with Crippen LogP contribution in [0.1, 0.15) is 58.0 Å². The van der Waals surface area contributed by atoms with Crippen LogP contribution < -0.4 is 10.6 Å². The highest BCUT2D eigenvalue weighted by atomic mass is 16.2. The molecule has 0 spiro atoms. The topological polar surface area (TPSA) is 71.1 Å². The Balaban J connectivity index is 1.93. The van der Waals surface area contributed by atoms with Crippen molar-refractivity contribution in [1.29, 1.82) is 0 Å². The molecule has 2 N–H and O–H groups in total. The summed E-state index contributed by atoms with van der Waals surface area (Å²) in [6.45, 7) is 5.20. The summed E-state index contributed by atoms with van der Waals surface area (Å²) in [6.07, 6.45) is 6.09. The van der Waals surface area contributed by atoms with Crippen LogP contribution in [0, 0.1) is 6.92 Å². The molecule has 1 heterocycles. The van der Waals surface area contributed by atoms with Crippen molar-refractivity contribution >= 4 is 11.8 Å². The van der Waals surface area contributed by atoms with E-state index in [9.17, 15) is 9.59 Å². The summed E-state index contributed by atoms with van der Waals surface area (Å²) in [6, 6.07) is 9.54. The van der Waals surface area contributed by atoms with Gasteiger partial charge >= 0.3 is 0 Å². The lowest BCUT2D eigenvalue weighted by molar-refractivity contribution is 0.0950. The van der Waals surface area contributed by atoms with Gasteiger partial charge in [0.1, 0.15) is 0 Å². The van der Waals surface area contributed by atoms with Crippen LogP contribution in [-0.2, 0) is 6.54 Å². The average molecular weight is 339 g/mol. The molecule has 0 saturated carbocycles. The van der Waals surface area contributed by atoms with Crippen LogP contribution in [0.2, 0.25) is 0 Å². The smallest absolute Gasteiger partial charge is 0.253 e. The number of aromatic nitrogens is 1. The van der Waals surface area contributed by atoms with Crippen LogP contribution in [-0.4, -0.2) is 23.3 Å². The molecule has 0 fully saturated rings. The number of aryl methyl sites for hydroxylation is 1. The minimum Gasteiger partial charge on any atom is -0.352 e. The molecule has 2 amide bonds. The number of rotatable bonds is 8. The molecule has 1 aromatic carbocycles. The van der Waals surface area contributed by atoms with Gasteiger partial charge in [-0.3, -0.25) is 14.6 Å². The Morgan fingerprint density at radius 2 is 1.72 bits per heavy atom. The van der Waals surface area contributed by atoms with Crippen LogP contribution in [0.25, 0.3) is 0 Å². The predicted molar refractivity (Wildman–Crippen MR) is 98.4 cm³/mol. The van der Waals surface area contributed by atoms with E-state index in [1.807, 2.05) is 31.2 Å². The second-order valence-electron chi connectivity index (χ2n) is 6.10. The molecule has 0 unspecified atom stereocenters. The Kier molecular flexibility index (Phi) is 7.14. The average Bonchev–Trinajstić information content (AvgIpc) is 2.63. The molecule has 25 heavy (non-hydrogen) atoms. The van der Waals surface area contributed by atoms with Crippen molar-refractivity contribution < 1.29 is 9.59 Å². The molecule has 1 aromatic heterocycles. The van der Waals surface area contributed by atoms with Crippen molar-refractivity contribution in [2.45, 2.75) is 39.7 Å². The zero-order valence-electron chi connectivity index (χ0n) is 14.8. The maximum absolute atomic E-state index is 12.3. The molecule has 5 heteroatoms. The largest absolute Gasteiger partial charge is 0.352 e. The van der Waals surface area contributed by atoms with E-state index in [2.05, 4.69) is 22.5 Å². The summed E-state index contributed by atoms with van der Waals surface area (Å²) in [4.78, 5) is 28.4. The van der Waals surface area contributed by atoms with Crippen LogP contribution in [0.5, 0.6) is 0 Å². The number of carbonyl (C=O) groups excluding carboxylic acids is 2. The van der Waals surface area contributed by atoms with Gasteiger partial charge in [0.25, 0.3) is 11.8 Å². The maximum atomic E-state index is 12.3. The van der Waals surface area contributed by atoms with Crippen LogP contribution >= 0.6 is 0 Å². The highest BCUT2D eigenvalue weighted by molar-refractivity contribution is 5.99. The van der Waals surface area contributed by atoms with Gasteiger partial charge in [0, 0.05) is 25.5 Å². The van der Waals surface area contributed by atoms with Crippen LogP contribution in [0.4, 0.5) is 0 Å². The first-order valence-corrected chi connectivity index (χ1v) is 8.67. The number of hydrogen-bond donors (Lipinski definition) is 2. The van der Waals surface area contributed by atoms with Crippen molar-refractivity contribution in [1.82, 2.24) is 15.6 Å². The zero-order valence-corrected chi connectivity index (χ0v) is 14.8. The highest BCUT2D eigenvalue weighted by Gasteiger charge is 2.11. The predicted octanol–water partition coefficient (Wildman–Crippen LogP) is 3.24. The fourth-order valence-electron chi connectivity index (χ4n) is 2.47. The number of pyridine rings is 1. The van der Waals surface area contributed by atoms with Crippen molar-refractivity contribution in [3.05, 3.63) is 65.0 Å². The van der Waals surface area contributed by atoms with Gasteiger partial charge in [-0.05, 0) is 25.0 Å². The standard InChI is InChI=1S/C20H25N3O2/c1-3-4-5-9-22-19(24)17-11-18(14-21-13-17)20(25)23-12-16-8-6-7-15(2)10-16/h6-8,10-11,13-14H,3-5,9,12H2,1-2H3,(H,22,24)(H,23,25). The molecular weight excluding hydrogens is 314 g/mol. The third-order valence-corrected chi connectivity index (χ3v) is 3.86. The Labute approximate surface area is 148 Å². The molecule has 0 bridgehead atoms. The van der Waals surface area contributed by atoms with E-state index in [-0.39, 0.29) is 11.8 Å². The number of carbonyl (C=O) groups is 2. The van der Waals surface area contributed by atoms with Crippen LogP contribution in [0.15, 0.2) is 42.7 Å². The lowest BCUT2D eigenvalue weighted by Crippen LogP contribution is -2.26. The SMILES string of the molecule is CCCCCNC(=O)c1cncc(C(=O)NCc2cccc(C)c2)c1. The van der Waals surface area contributed by atoms with E-state index in [0.717, 1.165) is 30.4 Å². The van der Waals surface area contributed by atoms with E-state index in [0.29, 0.717) is 24.2 Å². The Bertz CT molecular complexity index is 728. The van der Waals surface area contributed by atoms with E-state index in [1.54, 1.807) is 6.07 Å². The quantitative estimate of drug-likeness (QED) is 0.725. The summed E-state index contributed by atoms with van der Waals surface area (Å²) in [7, 11) is 0. The van der Waals surface area contributed by atoms with Gasteiger partial charge in [-0.15, -0.1) is 0 Å². The third kappa shape index (κ3) is 6.03. The fraction of sp³-hybridized carbons (Fsp3) is 0.350. The minimum absolute atomic E-state index is 0.197. The second-order valence-corrected chi connectivity index (χ2v) is 6.10. The molecule has 0 atom stereocenters. The van der Waals surface area contributed by atoms with Crippen molar-refractivity contribution in [2.24, 2.45) is 0 Å². The number of nitrogens with one attached hydrogen (secondary N) is 2. The summed E-state index contributed by atoms with van der Waals surface area (Å²) in [5.74, 6) is -0.438. The molecular formula is C20H25N3O2. The van der Waals surface area contributed by atoms with Crippen molar-refractivity contribution in [3.63, 3.8) is 0 Å². The number of benzene rings is 1. The molecule has 0 aliphatic rings. The van der Waals surface area contributed by atoms with Gasteiger partial charge in [-0.25, -0.2) is 0 Å². The Hall–Kier alpha value is -2.69. The summed E-state index contributed by atoms with van der Waals surface area (Å²) < 4.78 is 0. The first-order valence-electron chi connectivity index (χ1n) is 8.67. The Morgan fingerprint density at radius 3 is 2.40 bits per heavy atom. The monoisotopic (exact) mass is 339 g/mol. The molecule has 0 aliphatic carbocycles. The number of unbranched alkanes of at least 4 members (excludes halogenated alkanes) is 2. The maximum Gasteiger partial charge on any atom is 0.253 e. The fourth-order valence-corrected chi connectivity index (χ4v) is 2.47. The van der Waals surface area contributed by atoms with Crippen molar-refractivity contribution in [3.8, 4) is 0 Å². The molecule has 5 nitrogen and oxygen atoms in total. The molecule has 132 valence electrons. The van der Waals surface area contributed by atoms with Gasteiger partial charge in [0.2, 0.25) is 0 Å². The highest BCUT2D eigenvalue weighted by Crippen LogP contribution is 2.06. The minimum atomic E-state index is -0.241. The normalized spacial score (nSPS) is 10.3. The van der Waals surface area contributed by atoms with E-state index in [1.165, 1.54) is 12.4 Å². The molecule has 2 rings (SSSR count). The third-order valence-electron chi connectivity index (χ3n) is 3.86. The molecule has 2 aromatic rings. The first kappa shape index (κ1) is 18.6. The zero-order chi connectivity index (χ0) is 18.1. The number of nitrogens with zero attached hydrogens (tertiary/aromatic N) is 1. The van der Waals surface area contributed by atoms with Crippen LogP contribution in [0.3, 0.4) is 0 Å². The molecule has 0 saturated heterocycles. The van der Waals surface area contributed by atoms with Gasteiger partial charge < -0.3 is 10.6 Å². The molecule has 0 aliphatic heterocycles. The molecule has 0 radical (unpaired) electrons. The van der Waals surface area contributed by atoms with E-state index >= 15 is 0 Å². The number of hydrogen-bond acceptors (Lipinski definition) is 3. The summed E-state index contributed by atoms with van der Waals surface area (Å²) in [5.41, 5.74) is 2.97. The summed E-state index contributed by atoms with van der Waals surface area (Å²) in [5, 5.41) is 5.71. The van der Waals surface area contributed by atoms with Gasteiger partial charge in [-0.2, -0.15) is 0 Å². The Morgan fingerprint density at radius 1 is 1.00 bits per heavy atom. The lowest BCUT2D eigenvalue weighted by Gasteiger charge is -2.08. The van der Waals surface area contributed by atoms with Gasteiger partial charge in [-0.1, -0.05) is 49.6 Å². The van der Waals surface area contributed by atoms with Crippen molar-refractivity contribution in [2.75, 3.05) is 6.54 Å². The summed E-state index contributed by atoms with van der Waals surface area (Å²) >= 11 is 0. The number of amides is 2. The van der Waals surface area contributed by atoms with E-state index < -0.39 is 0 Å². The lowest BCUT2D eigenvalue weighted by atomic mass is 10.1. The van der Waals surface area contributed by atoms with E-state index in [4.69, 9.17) is 0 Å². The second kappa shape index (κ2) is 9.57.